The van der Waals surface area contributed by atoms with Gasteiger partial charge in [-0.05, 0) is 17.0 Å². The van der Waals surface area contributed by atoms with Crippen molar-refractivity contribution in [3.63, 3.8) is 0 Å². The van der Waals surface area contributed by atoms with Crippen molar-refractivity contribution in [3.8, 4) is 11.1 Å². The van der Waals surface area contributed by atoms with Gasteiger partial charge in [0.2, 0.25) is 0 Å². The van der Waals surface area contributed by atoms with Crippen molar-refractivity contribution in [2.75, 3.05) is 5.83 Å². The van der Waals surface area contributed by atoms with E-state index in [1.165, 1.54) is 11.1 Å². The average Bonchev–Trinajstić information content (AvgIpc) is 2.34. The van der Waals surface area contributed by atoms with Gasteiger partial charge in [0.15, 0.2) is 0 Å². The zero-order valence-electron chi connectivity index (χ0n) is 8.15. The molecule has 72 valence electrons. The standard InChI is InChI=1S/C12H10.CH3Br/c1-3-7-11(8-4-1)12-9-5-2-6-10-12;1-2/h1-10H;1H3. The zero-order chi connectivity index (χ0) is 10.2. The van der Waals surface area contributed by atoms with Crippen molar-refractivity contribution >= 4 is 15.9 Å². The summed E-state index contributed by atoms with van der Waals surface area (Å²) in [4.78, 5) is 0. The molecule has 0 nitrogen and oxygen atoms in total. The van der Waals surface area contributed by atoms with Crippen LogP contribution in [-0.2, 0) is 0 Å². The minimum atomic E-state index is 1.28. The van der Waals surface area contributed by atoms with Crippen LogP contribution in [0.2, 0.25) is 0 Å². The van der Waals surface area contributed by atoms with Crippen molar-refractivity contribution in [1.29, 1.82) is 0 Å². The van der Waals surface area contributed by atoms with E-state index in [0.29, 0.717) is 0 Å². The number of benzene rings is 2. The van der Waals surface area contributed by atoms with Gasteiger partial charge in [0.1, 0.15) is 0 Å². The highest BCUT2D eigenvalue weighted by atomic mass is 79.9. The molecule has 2 rings (SSSR count). The summed E-state index contributed by atoms with van der Waals surface area (Å²) < 4.78 is 0. The van der Waals surface area contributed by atoms with E-state index in [2.05, 4.69) is 64.5 Å². The van der Waals surface area contributed by atoms with E-state index in [-0.39, 0.29) is 0 Å². The molecule has 0 aliphatic carbocycles. The van der Waals surface area contributed by atoms with Crippen molar-refractivity contribution in [2.24, 2.45) is 0 Å². The molecule has 0 N–H and O–H groups in total. The molecule has 2 aromatic rings. The van der Waals surface area contributed by atoms with Crippen LogP contribution in [0.3, 0.4) is 0 Å². The molecule has 0 amide bonds. The Bertz CT molecular complexity index is 303. The first-order valence-electron chi connectivity index (χ1n) is 4.45. The Kier molecular flexibility index (Phi) is 5.02. The Morgan fingerprint density at radius 1 is 0.571 bits per heavy atom. The third-order valence-electron chi connectivity index (χ3n) is 1.88. The molecule has 1 heteroatoms. The maximum Gasteiger partial charge on any atom is -0.00848 e. The van der Waals surface area contributed by atoms with Gasteiger partial charge in [0.25, 0.3) is 0 Å². The largest absolute Gasteiger partial charge is 0.0966 e. The summed E-state index contributed by atoms with van der Waals surface area (Å²) in [7, 11) is 0. The van der Waals surface area contributed by atoms with Crippen molar-refractivity contribution in [3.05, 3.63) is 60.7 Å². The monoisotopic (exact) mass is 248 g/mol. The van der Waals surface area contributed by atoms with Crippen molar-refractivity contribution < 1.29 is 0 Å². The Balaban J connectivity index is 0.000000461. The maximum atomic E-state index is 2.94. The van der Waals surface area contributed by atoms with E-state index >= 15 is 0 Å². The van der Waals surface area contributed by atoms with Crippen LogP contribution in [0.15, 0.2) is 60.7 Å². The fourth-order valence-corrected chi connectivity index (χ4v) is 1.26. The van der Waals surface area contributed by atoms with Crippen LogP contribution < -0.4 is 0 Å². The third-order valence-corrected chi connectivity index (χ3v) is 1.88. The molecule has 0 aromatic heterocycles. The minimum absolute atomic E-state index is 1.28. The average molecular weight is 249 g/mol. The first-order chi connectivity index (χ1) is 6.97. The van der Waals surface area contributed by atoms with E-state index in [1.54, 1.807) is 0 Å². The normalized spacial score (nSPS) is 8.71. The first-order valence-corrected chi connectivity index (χ1v) is 6.04. The lowest BCUT2D eigenvalue weighted by molar-refractivity contribution is 1.62. The molecule has 0 aliphatic rings. The van der Waals surface area contributed by atoms with Gasteiger partial charge < -0.3 is 0 Å². The summed E-state index contributed by atoms with van der Waals surface area (Å²) in [5.41, 5.74) is 2.55. The first kappa shape index (κ1) is 11.0. The molecule has 0 unspecified atom stereocenters. The molecule has 2 aromatic carbocycles. The van der Waals surface area contributed by atoms with Gasteiger partial charge >= 0.3 is 0 Å². The summed E-state index contributed by atoms with van der Waals surface area (Å²) in [6.07, 6.45) is 0. The predicted octanol–water partition coefficient (Wildman–Crippen LogP) is 4.36. The number of alkyl halides is 1. The number of rotatable bonds is 1. The van der Waals surface area contributed by atoms with Crippen LogP contribution in [0.4, 0.5) is 0 Å². The Labute approximate surface area is 93.7 Å². The SMILES string of the molecule is CBr.c1ccc(-c2ccccc2)cc1. The van der Waals surface area contributed by atoms with E-state index in [1.807, 2.05) is 18.0 Å². The summed E-state index contributed by atoms with van der Waals surface area (Å²) >= 11 is 2.94. The van der Waals surface area contributed by atoms with Gasteiger partial charge in [-0.3, -0.25) is 0 Å². The highest BCUT2D eigenvalue weighted by Crippen LogP contribution is 2.17. The highest BCUT2D eigenvalue weighted by molar-refractivity contribution is 9.08. The van der Waals surface area contributed by atoms with E-state index in [9.17, 15) is 0 Å². The molecule has 0 fully saturated rings. The second-order valence-corrected chi connectivity index (χ2v) is 2.73. The van der Waals surface area contributed by atoms with Crippen LogP contribution in [0.25, 0.3) is 11.1 Å². The minimum Gasteiger partial charge on any atom is -0.0966 e. The fourth-order valence-electron chi connectivity index (χ4n) is 1.26. The fraction of sp³-hybridized carbons (Fsp3) is 0.0769. The summed E-state index contributed by atoms with van der Waals surface area (Å²) in [6.45, 7) is 0. The van der Waals surface area contributed by atoms with Gasteiger partial charge in [0.05, 0.1) is 0 Å². The molecule has 0 heterocycles. The lowest BCUT2D eigenvalue weighted by atomic mass is 10.1. The van der Waals surface area contributed by atoms with E-state index < -0.39 is 0 Å². The van der Waals surface area contributed by atoms with Gasteiger partial charge in [-0.25, -0.2) is 0 Å². The summed E-state index contributed by atoms with van der Waals surface area (Å²) in [6, 6.07) is 20.8. The lowest BCUT2D eigenvalue weighted by Gasteiger charge is -1.98. The van der Waals surface area contributed by atoms with Gasteiger partial charge in [-0.15, -0.1) is 0 Å². The Morgan fingerprint density at radius 3 is 1.14 bits per heavy atom. The third kappa shape index (κ3) is 3.00. The molecule has 0 saturated carbocycles. The quantitative estimate of drug-likeness (QED) is 0.658. The summed E-state index contributed by atoms with van der Waals surface area (Å²) in [5, 5.41) is 0. The van der Waals surface area contributed by atoms with Crippen LogP contribution >= 0.6 is 15.9 Å². The van der Waals surface area contributed by atoms with Crippen LogP contribution in [0, 0.1) is 0 Å². The molecule has 0 spiro atoms. The van der Waals surface area contributed by atoms with E-state index in [4.69, 9.17) is 0 Å². The molecule has 0 saturated heterocycles. The maximum absolute atomic E-state index is 2.94. The van der Waals surface area contributed by atoms with Crippen LogP contribution in [0.1, 0.15) is 0 Å². The lowest BCUT2D eigenvalue weighted by Crippen LogP contribution is -1.73. The molecule has 0 atom stereocenters. The Hall–Kier alpha value is -1.08. The van der Waals surface area contributed by atoms with Gasteiger partial charge in [-0.1, -0.05) is 76.6 Å². The molecular formula is C13H13Br. The highest BCUT2D eigenvalue weighted by Gasteiger charge is 1.91. The second kappa shape index (κ2) is 6.39. The molecule has 0 bridgehead atoms. The van der Waals surface area contributed by atoms with Crippen LogP contribution in [0.5, 0.6) is 0 Å². The van der Waals surface area contributed by atoms with Gasteiger partial charge in [-0.2, -0.15) is 0 Å². The molecule has 14 heavy (non-hydrogen) atoms. The predicted molar refractivity (Wildman–Crippen MR) is 66.7 cm³/mol. The second-order valence-electron chi connectivity index (χ2n) is 2.73. The molecule has 0 aliphatic heterocycles. The summed E-state index contributed by atoms with van der Waals surface area (Å²) in [5.74, 6) is 1.81. The number of hydrogen-bond acceptors (Lipinski definition) is 0. The van der Waals surface area contributed by atoms with Crippen molar-refractivity contribution in [1.82, 2.24) is 0 Å². The van der Waals surface area contributed by atoms with Gasteiger partial charge in [0, 0.05) is 0 Å². The number of hydrogen-bond donors (Lipinski definition) is 0. The van der Waals surface area contributed by atoms with Crippen molar-refractivity contribution in [2.45, 2.75) is 0 Å². The van der Waals surface area contributed by atoms with E-state index in [0.717, 1.165) is 0 Å². The van der Waals surface area contributed by atoms with Crippen LogP contribution in [-0.4, -0.2) is 5.83 Å². The smallest absolute Gasteiger partial charge is 0.00848 e. The molecular weight excluding hydrogens is 236 g/mol. The number of halogens is 1. The Morgan fingerprint density at radius 2 is 0.857 bits per heavy atom. The topological polar surface area (TPSA) is 0 Å². The zero-order valence-corrected chi connectivity index (χ0v) is 9.74. The molecule has 0 radical (unpaired) electrons.